The molecule has 0 radical (unpaired) electrons. The number of hydrogen-bond acceptors (Lipinski definition) is 7. The first kappa shape index (κ1) is 34.0. The van der Waals surface area contributed by atoms with E-state index in [-0.39, 0.29) is 22.5 Å². The summed E-state index contributed by atoms with van der Waals surface area (Å²) >= 11 is 0. The Morgan fingerprint density at radius 1 is 0.977 bits per heavy atom. The van der Waals surface area contributed by atoms with E-state index in [9.17, 15) is 36.6 Å². The maximum absolute atomic E-state index is 12.6. The van der Waals surface area contributed by atoms with Crippen molar-refractivity contribution >= 4 is 38.7 Å². The van der Waals surface area contributed by atoms with Gasteiger partial charge in [-0.05, 0) is 68.3 Å². The van der Waals surface area contributed by atoms with Gasteiger partial charge >= 0.3 is 18.1 Å². The van der Waals surface area contributed by atoms with E-state index in [0.717, 1.165) is 11.0 Å². The second-order valence-electron chi connectivity index (χ2n) is 10.3. The highest BCUT2D eigenvalue weighted by atomic mass is 32.2. The summed E-state index contributed by atoms with van der Waals surface area (Å²) in [5.74, 6) is -3.74. The second-order valence-corrected chi connectivity index (χ2v) is 12.0. The second kappa shape index (κ2) is 13.9. The molecule has 0 bridgehead atoms. The number of sulfonamides is 1. The predicted octanol–water partition coefficient (Wildman–Crippen LogP) is 4.66. The maximum Gasteiger partial charge on any atom is 0.490 e. The van der Waals surface area contributed by atoms with Gasteiger partial charge in [-0.1, -0.05) is 30.3 Å². The van der Waals surface area contributed by atoms with Gasteiger partial charge in [-0.25, -0.2) is 23.0 Å². The van der Waals surface area contributed by atoms with Crippen LogP contribution in [0.25, 0.3) is 11.0 Å². The van der Waals surface area contributed by atoms with E-state index in [2.05, 4.69) is 15.0 Å². The van der Waals surface area contributed by atoms with E-state index in [1.54, 1.807) is 60.9 Å². The number of fused-ring (bicyclic) bond motifs is 1. The Bertz CT molecular complexity index is 1710. The Hall–Kier alpha value is -4.47. The molecule has 4 rings (SSSR count). The van der Waals surface area contributed by atoms with E-state index >= 15 is 0 Å². The molecule has 1 atom stereocenters. The Labute approximate surface area is 251 Å². The highest BCUT2D eigenvalue weighted by Crippen LogP contribution is 2.22. The number of aromatic nitrogens is 2. The molecule has 0 saturated carbocycles. The van der Waals surface area contributed by atoms with Crippen molar-refractivity contribution in [2.24, 2.45) is 0 Å². The lowest BCUT2D eigenvalue weighted by atomic mass is 9.99. The van der Waals surface area contributed by atoms with Crippen molar-refractivity contribution in [1.82, 2.24) is 14.9 Å². The van der Waals surface area contributed by atoms with Crippen LogP contribution in [-0.4, -0.2) is 63.5 Å². The van der Waals surface area contributed by atoms with Crippen LogP contribution in [0.1, 0.15) is 42.3 Å². The number of imidazole rings is 1. The van der Waals surface area contributed by atoms with E-state index in [0.29, 0.717) is 24.2 Å². The van der Waals surface area contributed by atoms with Gasteiger partial charge in [0.05, 0.1) is 33.9 Å². The number of aliphatic hydroxyl groups excluding tert-OH is 1. The van der Waals surface area contributed by atoms with Crippen LogP contribution in [0, 0.1) is 0 Å². The number of aliphatic hydroxyl groups is 1. The first-order chi connectivity index (χ1) is 20.5. The van der Waals surface area contributed by atoms with E-state index < -0.39 is 34.2 Å². The number of aromatic carboxylic acids is 1. The summed E-state index contributed by atoms with van der Waals surface area (Å²) in [6, 6.07) is 19.7. The van der Waals surface area contributed by atoms with Crippen LogP contribution >= 0.6 is 0 Å². The smallest absolute Gasteiger partial charge is 0.478 e. The third kappa shape index (κ3) is 9.52. The number of β-amino-alcohol motifs (C(OH)–C–C–N with tert-alkyl or cyclic N) is 1. The van der Waals surface area contributed by atoms with E-state index in [1.807, 2.05) is 18.4 Å². The zero-order chi connectivity index (χ0) is 32.7. The Morgan fingerprint density at radius 3 is 2.25 bits per heavy atom. The molecule has 236 valence electrons. The minimum Gasteiger partial charge on any atom is -0.478 e. The molecule has 44 heavy (non-hydrogen) atoms. The van der Waals surface area contributed by atoms with Crippen molar-refractivity contribution in [3.63, 3.8) is 0 Å². The summed E-state index contributed by atoms with van der Waals surface area (Å²) in [5, 5.41) is 30.6. The van der Waals surface area contributed by atoms with Crippen molar-refractivity contribution in [1.29, 1.82) is 0 Å². The molecule has 0 aliphatic carbocycles. The maximum atomic E-state index is 12.6. The van der Waals surface area contributed by atoms with Gasteiger partial charge < -0.3 is 25.2 Å². The quantitative estimate of drug-likeness (QED) is 0.157. The molecular weight excluding hydrogens is 605 g/mol. The summed E-state index contributed by atoms with van der Waals surface area (Å²) in [7, 11) is -3.73. The number of carboxylic acids is 2. The van der Waals surface area contributed by atoms with Gasteiger partial charge in [-0.2, -0.15) is 13.2 Å². The van der Waals surface area contributed by atoms with Crippen LogP contribution in [0.4, 0.5) is 18.9 Å². The van der Waals surface area contributed by atoms with Crippen LogP contribution in [0.5, 0.6) is 0 Å². The van der Waals surface area contributed by atoms with Crippen LogP contribution in [0.15, 0.2) is 84.0 Å². The van der Waals surface area contributed by atoms with Gasteiger partial charge in [0.25, 0.3) is 10.0 Å². The molecule has 0 fully saturated rings. The number of nitrogens with zero attached hydrogens (tertiary/aromatic N) is 2. The summed E-state index contributed by atoms with van der Waals surface area (Å²) in [5.41, 5.74) is 2.29. The average molecular weight is 637 g/mol. The van der Waals surface area contributed by atoms with Crippen molar-refractivity contribution in [3.05, 3.63) is 90.3 Å². The SMILES string of the molecule is CC(C)(CCn1cnc2ccc(C(=O)O)cc21)NC[C@H](O)c1cccc(NS(=O)(=O)c2ccccc2)c1.O=C(O)C(F)(F)F. The normalized spacial score (nSPS) is 12.7. The van der Waals surface area contributed by atoms with Crippen molar-refractivity contribution < 1.29 is 46.5 Å². The minimum absolute atomic E-state index is 0.161. The number of anilines is 1. The van der Waals surface area contributed by atoms with Gasteiger partial charge in [0.1, 0.15) is 0 Å². The number of benzene rings is 3. The van der Waals surface area contributed by atoms with Crippen LogP contribution < -0.4 is 10.0 Å². The third-order valence-electron chi connectivity index (χ3n) is 6.44. The molecule has 0 saturated heterocycles. The van der Waals surface area contributed by atoms with Gasteiger partial charge in [0.15, 0.2) is 0 Å². The zero-order valence-corrected chi connectivity index (χ0v) is 24.4. The summed E-state index contributed by atoms with van der Waals surface area (Å²) in [6.07, 6.45) is -3.55. The molecule has 15 heteroatoms. The van der Waals surface area contributed by atoms with Crippen LogP contribution in [0.3, 0.4) is 0 Å². The van der Waals surface area contributed by atoms with E-state index in [4.69, 9.17) is 9.90 Å². The van der Waals surface area contributed by atoms with Crippen molar-refractivity contribution in [2.45, 2.75) is 49.5 Å². The molecule has 11 nitrogen and oxygen atoms in total. The number of carboxylic acid groups (broad SMARTS) is 2. The lowest BCUT2D eigenvalue weighted by molar-refractivity contribution is -0.192. The van der Waals surface area contributed by atoms with Crippen molar-refractivity contribution in [2.75, 3.05) is 11.3 Å². The minimum atomic E-state index is -5.08. The van der Waals surface area contributed by atoms with Gasteiger partial charge in [0, 0.05) is 24.3 Å². The third-order valence-corrected chi connectivity index (χ3v) is 7.84. The first-order valence-corrected chi connectivity index (χ1v) is 14.6. The van der Waals surface area contributed by atoms with Gasteiger partial charge in [-0.15, -0.1) is 0 Å². The number of aliphatic carboxylic acids is 1. The molecular formula is C29H31F3N4O7S. The number of rotatable bonds is 11. The molecule has 0 spiro atoms. The first-order valence-electron chi connectivity index (χ1n) is 13.1. The Morgan fingerprint density at radius 2 is 1.64 bits per heavy atom. The molecule has 0 unspecified atom stereocenters. The molecule has 0 aliphatic heterocycles. The Kier molecular flexibility index (Phi) is 10.7. The molecule has 3 aromatic carbocycles. The fraction of sp³-hybridized carbons (Fsp3) is 0.276. The standard InChI is InChI=1S/C27H30N4O5S.C2HF3O2/c1-27(2,13-14-31-18-28-23-12-11-20(26(33)34)16-24(23)31)29-17-25(32)19-7-6-8-21(15-19)30-37(35,36)22-9-4-3-5-10-22;3-2(4,5)1(6)7/h3-12,15-16,18,25,29-30,32H,13-14,17H2,1-2H3,(H,33,34);(H,6,7)/t25-;/m0./s1. The zero-order valence-electron chi connectivity index (χ0n) is 23.6. The lowest BCUT2D eigenvalue weighted by Gasteiger charge is -2.28. The van der Waals surface area contributed by atoms with Crippen LogP contribution in [0.2, 0.25) is 0 Å². The highest BCUT2D eigenvalue weighted by Gasteiger charge is 2.38. The number of aryl methyl sites for hydroxylation is 1. The molecule has 1 aromatic heterocycles. The van der Waals surface area contributed by atoms with Crippen LogP contribution in [-0.2, 0) is 21.4 Å². The summed E-state index contributed by atoms with van der Waals surface area (Å²) in [6.45, 7) is 4.90. The highest BCUT2D eigenvalue weighted by molar-refractivity contribution is 7.92. The Balaban J connectivity index is 0.000000676. The lowest BCUT2D eigenvalue weighted by Crippen LogP contribution is -2.42. The monoisotopic (exact) mass is 636 g/mol. The largest absolute Gasteiger partial charge is 0.490 e. The summed E-state index contributed by atoms with van der Waals surface area (Å²) < 4.78 is 61.5. The fourth-order valence-electron chi connectivity index (χ4n) is 3.97. The van der Waals surface area contributed by atoms with Gasteiger partial charge in [0.2, 0.25) is 0 Å². The number of hydrogen-bond donors (Lipinski definition) is 5. The molecule has 0 amide bonds. The molecule has 1 heterocycles. The van der Waals surface area contributed by atoms with E-state index in [1.165, 1.54) is 18.2 Å². The predicted molar refractivity (Wildman–Crippen MR) is 156 cm³/mol. The molecule has 4 aromatic rings. The molecule has 0 aliphatic rings. The number of halogens is 3. The number of nitrogens with one attached hydrogen (secondary N) is 2. The van der Waals surface area contributed by atoms with Crippen molar-refractivity contribution in [3.8, 4) is 0 Å². The topological polar surface area (TPSA) is 171 Å². The number of alkyl halides is 3. The fourth-order valence-corrected chi connectivity index (χ4v) is 5.04. The average Bonchev–Trinajstić information content (AvgIpc) is 3.37. The summed E-state index contributed by atoms with van der Waals surface area (Å²) in [4.78, 5) is 24.7. The molecule has 5 N–H and O–H groups in total. The van der Waals surface area contributed by atoms with Gasteiger partial charge in [-0.3, -0.25) is 4.72 Å². The number of carbonyl (C=O) groups is 2.